The van der Waals surface area contributed by atoms with Crippen LogP contribution in [0.15, 0.2) is 65.0 Å². The zero-order valence-electron chi connectivity index (χ0n) is 16.3. The van der Waals surface area contributed by atoms with Crippen LogP contribution >= 0.6 is 0 Å². The van der Waals surface area contributed by atoms with Crippen molar-refractivity contribution in [2.75, 3.05) is 12.4 Å². The van der Waals surface area contributed by atoms with Crippen LogP contribution in [0.25, 0.3) is 11.8 Å². The van der Waals surface area contributed by atoms with Crippen LogP contribution in [0.2, 0.25) is 0 Å². The molecule has 1 heterocycles. The molecular formula is C22H20N4O3. The van der Waals surface area contributed by atoms with E-state index in [0.29, 0.717) is 22.7 Å². The number of rotatable bonds is 5. The van der Waals surface area contributed by atoms with E-state index in [2.05, 4.69) is 5.32 Å². The summed E-state index contributed by atoms with van der Waals surface area (Å²) in [7, 11) is 3.24. The number of carbonyl (C=O) groups is 1. The first-order valence-corrected chi connectivity index (χ1v) is 8.88. The van der Waals surface area contributed by atoms with Gasteiger partial charge in [0.2, 0.25) is 0 Å². The van der Waals surface area contributed by atoms with Crippen LogP contribution in [0.1, 0.15) is 11.3 Å². The van der Waals surface area contributed by atoms with E-state index in [4.69, 9.17) is 4.74 Å². The van der Waals surface area contributed by atoms with Gasteiger partial charge >= 0.3 is 0 Å². The maximum absolute atomic E-state index is 12.9. The smallest absolute Gasteiger partial charge is 0.295 e. The zero-order valence-corrected chi connectivity index (χ0v) is 16.3. The van der Waals surface area contributed by atoms with Crippen LogP contribution in [0.3, 0.4) is 0 Å². The molecule has 0 aliphatic carbocycles. The highest BCUT2D eigenvalue weighted by atomic mass is 16.5. The Morgan fingerprint density at radius 3 is 2.45 bits per heavy atom. The second-order valence-corrected chi connectivity index (χ2v) is 6.30. The lowest BCUT2D eigenvalue weighted by molar-refractivity contribution is -0.112. The third kappa shape index (κ3) is 3.82. The molecule has 3 aromatic rings. The summed E-state index contributed by atoms with van der Waals surface area (Å²) in [6.45, 7) is 1.73. The largest absolute Gasteiger partial charge is 0.496 e. The number of hydrogen-bond donors (Lipinski definition) is 1. The van der Waals surface area contributed by atoms with Crippen LogP contribution in [-0.4, -0.2) is 22.4 Å². The normalized spacial score (nSPS) is 11.0. The van der Waals surface area contributed by atoms with E-state index in [1.165, 1.54) is 17.9 Å². The van der Waals surface area contributed by atoms with Gasteiger partial charge in [-0.3, -0.25) is 14.3 Å². The molecule has 0 bridgehead atoms. The summed E-state index contributed by atoms with van der Waals surface area (Å²) in [6.07, 6.45) is 1.43. The number of nitrogens with zero attached hydrogens (tertiary/aromatic N) is 3. The topological polar surface area (TPSA) is 89.0 Å². The van der Waals surface area contributed by atoms with Crippen molar-refractivity contribution in [1.29, 1.82) is 5.26 Å². The van der Waals surface area contributed by atoms with Gasteiger partial charge in [0.15, 0.2) is 0 Å². The van der Waals surface area contributed by atoms with Crippen molar-refractivity contribution in [2.45, 2.75) is 6.92 Å². The van der Waals surface area contributed by atoms with E-state index in [9.17, 15) is 14.9 Å². The summed E-state index contributed by atoms with van der Waals surface area (Å²) < 4.78 is 8.37. The van der Waals surface area contributed by atoms with Crippen molar-refractivity contribution in [1.82, 2.24) is 9.36 Å². The lowest BCUT2D eigenvalue weighted by Gasteiger charge is -2.07. The number of benzene rings is 2. The van der Waals surface area contributed by atoms with Crippen LogP contribution in [0.5, 0.6) is 5.75 Å². The van der Waals surface area contributed by atoms with E-state index in [1.54, 1.807) is 55.1 Å². The predicted molar refractivity (Wildman–Crippen MR) is 111 cm³/mol. The van der Waals surface area contributed by atoms with Gasteiger partial charge < -0.3 is 10.1 Å². The number of ether oxygens (including phenoxy) is 1. The number of anilines is 1. The molecule has 2 aromatic carbocycles. The summed E-state index contributed by atoms with van der Waals surface area (Å²) in [5.74, 6) is -0.125. The first kappa shape index (κ1) is 19.7. The monoisotopic (exact) mass is 388 g/mol. The van der Waals surface area contributed by atoms with Gasteiger partial charge in [0.1, 0.15) is 23.1 Å². The number of hydrogen-bond acceptors (Lipinski definition) is 4. The lowest BCUT2D eigenvalue weighted by atomic mass is 10.1. The first-order valence-electron chi connectivity index (χ1n) is 8.88. The number of methoxy groups -OCH3 is 1. The fourth-order valence-corrected chi connectivity index (χ4v) is 2.98. The summed E-state index contributed by atoms with van der Waals surface area (Å²) in [5, 5.41) is 12.1. The second kappa shape index (κ2) is 8.31. The molecule has 1 N–H and O–H groups in total. The molecule has 29 heavy (non-hydrogen) atoms. The highest BCUT2D eigenvalue weighted by molar-refractivity contribution is 6.10. The molecule has 1 amide bonds. The van der Waals surface area contributed by atoms with Gasteiger partial charge in [-0.15, -0.1) is 0 Å². The molecule has 0 aliphatic rings. The van der Waals surface area contributed by atoms with Crippen LogP contribution in [0.4, 0.5) is 5.69 Å². The Labute approximate surface area is 168 Å². The van der Waals surface area contributed by atoms with Gasteiger partial charge in [0.25, 0.3) is 11.5 Å². The molecule has 3 rings (SSSR count). The fraction of sp³-hybridized carbons (Fsp3) is 0.136. The van der Waals surface area contributed by atoms with Crippen molar-refractivity contribution in [3.8, 4) is 17.5 Å². The minimum atomic E-state index is -0.663. The molecule has 0 fully saturated rings. The molecule has 0 aliphatic heterocycles. The third-order valence-corrected chi connectivity index (χ3v) is 4.60. The van der Waals surface area contributed by atoms with Gasteiger partial charge in [-0.05, 0) is 31.2 Å². The first-order chi connectivity index (χ1) is 14.0. The summed E-state index contributed by atoms with van der Waals surface area (Å²) >= 11 is 0. The average molecular weight is 388 g/mol. The third-order valence-electron chi connectivity index (χ3n) is 4.60. The van der Waals surface area contributed by atoms with E-state index in [0.717, 1.165) is 0 Å². The van der Waals surface area contributed by atoms with Crippen LogP contribution < -0.4 is 15.6 Å². The minimum Gasteiger partial charge on any atom is -0.496 e. The van der Waals surface area contributed by atoms with E-state index in [1.807, 2.05) is 24.3 Å². The number of nitriles is 1. The molecule has 1 aromatic heterocycles. The Morgan fingerprint density at radius 1 is 1.14 bits per heavy atom. The molecule has 0 atom stereocenters. The van der Waals surface area contributed by atoms with Crippen LogP contribution in [-0.2, 0) is 11.8 Å². The molecule has 0 unspecified atom stereocenters. The second-order valence-electron chi connectivity index (χ2n) is 6.30. The average Bonchev–Trinajstić information content (AvgIpc) is 2.95. The maximum atomic E-state index is 12.9. The molecule has 0 saturated heterocycles. The van der Waals surface area contributed by atoms with Gasteiger partial charge in [0, 0.05) is 12.6 Å². The van der Waals surface area contributed by atoms with Crippen molar-refractivity contribution in [3.63, 3.8) is 0 Å². The number of carbonyl (C=O) groups excluding carboxylic acids is 1. The maximum Gasteiger partial charge on any atom is 0.295 e. The fourth-order valence-electron chi connectivity index (χ4n) is 2.98. The Balaban J connectivity index is 1.98. The Bertz CT molecular complexity index is 1180. The standard InChI is InChI=1S/C22H20N4O3/c1-15-20(22(28)26(25(15)2)18-10-5-4-6-11-18)24-21(27)17(14-23)13-16-9-7-8-12-19(16)29-3/h4-13H,1-3H3,(H,24,27). The highest BCUT2D eigenvalue weighted by Crippen LogP contribution is 2.21. The Kier molecular flexibility index (Phi) is 5.65. The molecule has 0 spiro atoms. The van der Waals surface area contributed by atoms with E-state index in [-0.39, 0.29) is 16.8 Å². The highest BCUT2D eigenvalue weighted by Gasteiger charge is 2.20. The minimum absolute atomic E-state index is 0.127. The number of aromatic nitrogens is 2. The van der Waals surface area contributed by atoms with Crippen molar-refractivity contribution < 1.29 is 9.53 Å². The Hall–Kier alpha value is -4.05. The molecule has 7 heteroatoms. The summed E-state index contributed by atoms with van der Waals surface area (Å²) in [4.78, 5) is 25.6. The SMILES string of the molecule is COc1ccccc1C=C(C#N)C(=O)Nc1c(C)n(C)n(-c2ccccc2)c1=O. The van der Waals surface area contributed by atoms with Crippen molar-refractivity contribution in [3.05, 3.63) is 81.8 Å². The molecular weight excluding hydrogens is 368 g/mol. The Morgan fingerprint density at radius 2 is 1.79 bits per heavy atom. The van der Waals surface area contributed by atoms with Gasteiger partial charge in [-0.1, -0.05) is 36.4 Å². The van der Waals surface area contributed by atoms with E-state index < -0.39 is 5.91 Å². The van der Waals surface area contributed by atoms with E-state index >= 15 is 0 Å². The van der Waals surface area contributed by atoms with Gasteiger partial charge in [-0.25, -0.2) is 4.68 Å². The van der Waals surface area contributed by atoms with Crippen LogP contribution in [0, 0.1) is 18.3 Å². The summed E-state index contributed by atoms with van der Waals surface area (Å²) in [6, 6.07) is 18.0. The van der Waals surface area contributed by atoms with Gasteiger partial charge in [0.05, 0.1) is 18.5 Å². The number of nitrogens with one attached hydrogen (secondary N) is 1. The van der Waals surface area contributed by atoms with Crippen molar-refractivity contribution in [2.24, 2.45) is 7.05 Å². The molecule has 7 nitrogen and oxygen atoms in total. The number of amides is 1. The predicted octanol–water partition coefficient (Wildman–Crippen LogP) is 3.04. The quantitative estimate of drug-likeness (QED) is 0.537. The van der Waals surface area contributed by atoms with Crippen molar-refractivity contribution >= 4 is 17.7 Å². The molecule has 146 valence electrons. The lowest BCUT2D eigenvalue weighted by Crippen LogP contribution is -2.23. The molecule has 0 radical (unpaired) electrons. The number of para-hydroxylation sites is 2. The zero-order chi connectivity index (χ0) is 21.0. The summed E-state index contributed by atoms with van der Waals surface area (Å²) in [5.41, 5.74) is 1.45. The van der Waals surface area contributed by atoms with Gasteiger partial charge in [-0.2, -0.15) is 5.26 Å². The molecule has 0 saturated carbocycles.